The molecule has 0 saturated carbocycles. The molecule has 4 N–H and O–H groups in total. The minimum Gasteiger partial charge on any atom is -0.349 e. The Hall–Kier alpha value is -2.14. The van der Waals surface area contributed by atoms with Gasteiger partial charge in [-0.25, -0.2) is 0 Å². The third-order valence-electron chi connectivity index (χ3n) is 2.60. The minimum absolute atomic E-state index is 0.178. The van der Waals surface area contributed by atoms with E-state index in [9.17, 15) is 9.59 Å². The van der Waals surface area contributed by atoms with Crippen LogP contribution in [0.4, 0.5) is 5.69 Å². The lowest BCUT2D eigenvalue weighted by Gasteiger charge is -2.10. The standard InChI is InChI=1S/C14H19N3O2/c1-3-9-16-13(18)10-5-7-11(8-6-10)17-14(19)12(15)4-2/h3,5-8,12H,1,4,9,15H2,2H3,(H,16,18)(H,17,19)/t12-/m1/s1. The monoisotopic (exact) mass is 261 g/mol. The predicted molar refractivity (Wildman–Crippen MR) is 75.9 cm³/mol. The Morgan fingerprint density at radius 1 is 1.37 bits per heavy atom. The Balaban J connectivity index is 2.63. The van der Waals surface area contributed by atoms with Gasteiger partial charge in [-0.3, -0.25) is 9.59 Å². The van der Waals surface area contributed by atoms with Crippen molar-refractivity contribution in [1.29, 1.82) is 0 Å². The lowest BCUT2D eigenvalue weighted by atomic mass is 10.1. The van der Waals surface area contributed by atoms with Gasteiger partial charge in [0.2, 0.25) is 5.91 Å². The van der Waals surface area contributed by atoms with Crippen LogP contribution in [0.25, 0.3) is 0 Å². The van der Waals surface area contributed by atoms with Gasteiger partial charge in [0, 0.05) is 17.8 Å². The van der Waals surface area contributed by atoms with Crippen LogP contribution >= 0.6 is 0 Å². The van der Waals surface area contributed by atoms with E-state index < -0.39 is 6.04 Å². The molecule has 0 spiro atoms. The molecule has 5 nitrogen and oxygen atoms in total. The second-order valence-electron chi connectivity index (χ2n) is 4.08. The maximum absolute atomic E-state index is 11.6. The molecule has 0 unspecified atom stereocenters. The number of benzene rings is 1. The normalized spacial score (nSPS) is 11.5. The van der Waals surface area contributed by atoms with Crippen LogP contribution in [0.1, 0.15) is 23.7 Å². The summed E-state index contributed by atoms with van der Waals surface area (Å²) in [5.74, 6) is -0.408. The summed E-state index contributed by atoms with van der Waals surface area (Å²) in [6, 6.07) is 6.11. The van der Waals surface area contributed by atoms with Crippen molar-refractivity contribution in [1.82, 2.24) is 5.32 Å². The van der Waals surface area contributed by atoms with Crippen LogP contribution in [0.15, 0.2) is 36.9 Å². The van der Waals surface area contributed by atoms with E-state index in [0.717, 1.165) is 0 Å². The van der Waals surface area contributed by atoms with Gasteiger partial charge < -0.3 is 16.4 Å². The summed E-state index contributed by atoms with van der Waals surface area (Å²) < 4.78 is 0. The molecule has 102 valence electrons. The van der Waals surface area contributed by atoms with Crippen molar-refractivity contribution >= 4 is 17.5 Å². The first-order valence-corrected chi connectivity index (χ1v) is 6.14. The Labute approximate surface area is 112 Å². The SMILES string of the molecule is C=CCNC(=O)c1ccc(NC(=O)[C@H](N)CC)cc1. The van der Waals surface area contributed by atoms with Crippen molar-refractivity contribution in [2.45, 2.75) is 19.4 Å². The van der Waals surface area contributed by atoms with Crippen LogP contribution in [0, 0.1) is 0 Å². The molecular formula is C14H19N3O2. The smallest absolute Gasteiger partial charge is 0.251 e. The fourth-order valence-electron chi connectivity index (χ4n) is 1.39. The summed E-state index contributed by atoms with van der Waals surface area (Å²) in [4.78, 5) is 23.2. The van der Waals surface area contributed by atoms with Crippen molar-refractivity contribution in [3.63, 3.8) is 0 Å². The highest BCUT2D eigenvalue weighted by molar-refractivity contribution is 5.97. The highest BCUT2D eigenvalue weighted by Crippen LogP contribution is 2.10. The fourth-order valence-corrected chi connectivity index (χ4v) is 1.39. The van der Waals surface area contributed by atoms with Crippen LogP contribution in [0.3, 0.4) is 0 Å². The van der Waals surface area contributed by atoms with Gasteiger partial charge in [-0.05, 0) is 30.7 Å². The quantitative estimate of drug-likeness (QED) is 0.674. The van der Waals surface area contributed by atoms with Gasteiger partial charge in [-0.1, -0.05) is 13.0 Å². The van der Waals surface area contributed by atoms with Gasteiger partial charge in [0.05, 0.1) is 6.04 Å². The summed E-state index contributed by atoms with van der Waals surface area (Å²) in [5.41, 5.74) is 6.76. The number of amides is 2. The van der Waals surface area contributed by atoms with E-state index in [1.807, 2.05) is 6.92 Å². The van der Waals surface area contributed by atoms with Gasteiger partial charge in [-0.15, -0.1) is 6.58 Å². The molecule has 0 bridgehead atoms. The average Bonchev–Trinajstić information content (AvgIpc) is 2.44. The highest BCUT2D eigenvalue weighted by atomic mass is 16.2. The predicted octanol–water partition coefficient (Wildman–Crippen LogP) is 1.28. The van der Waals surface area contributed by atoms with E-state index in [1.54, 1.807) is 30.3 Å². The molecule has 5 heteroatoms. The number of hydrogen-bond donors (Lipinski definition) is 3. The number of carbonyl (C=O) groups excluding carboxylic acids is 2. The van der Waals surface area contributed by atoms with Gasteiger partial charge in [-0.2, -0.15) is 0 Å². The third kappa shape index (κ3) is 4.56. The van der Waals surface area contributed by atoms with Crippen LogP contribution in [0.5, 0.6) is 0 Å². The van der Waals surface area contributed by atoms with Crippen LogP contribution < -0.4 is 16.4 Å². The maximum Gasteiger partial charge on any atom is 0.251 e. The van der Waals surface area contributed by atoms with Gasteiger partial charge in [0.25, 0.3) is 5.91 Å². The molecule has 0 aromatic heterocycles. The molecule has 0 aliphatic carbocycles. The van der Waals surface area contributed by atoms with E-state index in [2.05, 4.69) is 17.2 Å². The molecule has 0 heterocycles. The lowest BCUT2D eigenvalue weighted by Crippen LogP contribution is -2.34. The Morgan fingerprint density at radius 3 is 2.53 bits per heavy atom. The molecule has 19 heavy (non-hydrogen) atoms. The Bertz CT molecular complexity index is 454. The number of carbonyl (C=O) groups is 2. The number of anilines is 1. The minimum atomic E-state index is -0.518. The number of nitrogens with one attached hydrogen (secondary N) is 2. The number of rotatable bonds is 6. The maximum atomic E-state index is 11.6. The zero-order valence-electron chi connectivity index (χ0n) is 11.0. The molecule has 1 aromatic carbocycles. The van der Waals surface area contributed by atoms with Crippen LogP contribution in [0.2, 0.25) is 0 Å². The van der Waals surface area contributed by atoms with Crippen LogP contribution in [-0.2, 0) is 4.79 Å². The summed E-state index contributed by atoms with van der Waals surface area (Å²) in [6.45, 7) is 5.79. The van der Waals surface area contributed by atoms with Crippen LogP contribution in [-0.4, -0.2) is 24.4 Å². The Kier molecular flexibility index (Phi) is 5.75. The summed E-state index contributed by atoms with van der Waals surface area (Å²) >= 11 is 0. The molecule has 0 aliphatic heterocycles. The average molecular weight is 261 g/mol. The van der Waals surface area contributed by atoms with Gasteiger partial charge >= 0.3 is 0 Å². The number of hydrogen-bond acceptors (Lipinski definition) is 3. The molecule has 1 rings (SSSR count). The largest absolute Gasteiger partial charge is 0.349 e. The highest BCUT2D eigenvalue weighted by Gasteiger charge is 2.11. The van der Waals surface area contributed by atoms with Gasteiger partial charge in [0.15, 0.2) is 0 Å². The first-order chi connectivity index (χ1) is 9.08. The second-order valence-corrected chi connectivity index (χ2v) is 4.08. The zero-order chi connectivity index (χ0) is 14.3. The molecule has 0 saturated heterocycles. The number of nitrogens with two attached hydrogens (primary N) is 1. The molecule has 1 aromatic rings. The fraction of sp³-hybridized carbons (Fsp3) is 0.286. The topological polar surface area (TPSA) is 84.2 Å². The Morgan fingerprint density at radius 2 is 2.00 bits per heavy atom. The molecular weight excluding hydrogens is 242 g/mol. The van der Waals surface area contributed by atoms with E-state index in [-0.39, 0.29) is 11.8 Å². The molecule has 2 amide bonds. The van der Waals surface area contributed by atoms with E-state index >= 15 is 0 Å². The van der Waals surface area contributed by atoms with Crippen molar-refractivity contribution in [3.05, 3.63) is 42.5 Å². The zero-order valence-corrected chi connectivity index (χ0v) is 11.0. The van der Waals surface area contributed by atoms with E-state index in [0.29, 0.717) is 24.2 Å². The van der Waals surface area contributed by atoms with Crippen molar-refractivity contribution < 1.29 is 9.59 Å². The lowest BCUT2D eigenvalue weighted by molar-refractivity contribution is -0.117. The molecule has 0 aliphatic rings. The third-order valence-corrected chi connectivity index (χ3v) is 2.60. The first-order valence-electron chi connectivity index (χ1n) is 6.14. The van der Waals surface area contributed by atoms with E-state index in [4.69, 9.17) is 5.73 Å². The summed E-state index contributed by atoms with van der Waals surface area (Å²) in [7, 11) is 0. The van der Waals surface area contributed by atoms with Crippen molar-refractivity contribution in [3.8, 4) is 0 Å². The summed E-state index contributed by atoms with van der Waals surface area (Å²) in [6.07, 6.45) is 2.19. The molecule has 1 atom stereocenters. The summed E-state index contributed by atoms with van der Waals surface area (Å²) in [5, 5.41) is 5.36. The van der Waals surface area contributed by atoms with Crippen molar-refractivity contribution in [2.24, 2.45) is 5.73 Å². The second kappa shape index (κ2) is 7.33. The van der Waals surface area contributed by atoms with E-state index in [1.165, 1.54) is 0 Å². The van der Waals surface area contributed by atoms with Crippen molar-refractivity contribution in [2.75, 3.05) is 11.9 Å². The molecule has 0 fully saturated rings. The first kappa shape index (κ1) is 14.9. The van der Waals surface area contributed by atoms with Gasteiger partial charge in [0.1, 0.15) is 0 Å². The molecule has 0 radical (unpaired) electrons.